The van der Waals surface area contributed by atoms with Crippen LogP contribution in [0.2, 0.25) is 0 Å². The molecule has 0 radical (unpaired) electrons. The van der Waals surface area contributed by atoms with Crippen LogP contribution in [0.15, 0.2) is 24.3 Å². The lowest BCUT2D eigenvalue weighted by atomic mass is 10.1. The van der Waals surface area contributed by atoms with Crippen molar-refractivity contribution in [2.75, 3.05) is 13.2 Å². The van der Waals surface area contributed by atoms with E-state index in [2.05, 4.69) is 0 Å². The summed E-state index contributed by atoms with van der Waals surface area (Å²) in [7, 11) is 0. The third kappa shape index (κ3) is 5.47. The highest BCUT2D eigenvalue weighted by Crippen LogP contribution is 2.06. The van der Waals surface area contributed by atoms with Crippen molar-refractivity contribution in [3.8, 4) is 0 Å². The number of carboxylic acid groups (broad SMARTS) is 1. The van der Waals surface area contributed by atoms with Gasteiger partial charge in [-0.1, -0.05) is 12.1 Å². The topological polar surface area (TPSA) is 72.5 Å². The minimum Gasteiger partial charge on any atom is -0.478 e. The first kappa shape index (κ1) is 13.7. The highest BCUT2D eigenvalue weighted by molar-refractivity contribution is 5.87. The average molecular weight is 237 g/mol. The second-order valence-electron chi connectivity index (χ2n) is 3.90. The fraction of sp³-hybridized carbons (Fsp3) is 0.462. The van der Waals surface area contributed by atoms with Crippen molar-refractivity contribution in [3.63, 3.8) is 0 Å². The van der Waals surface area contributed by atoms with E-state index in [-0.39, 0.29) is 0 Å². The summed E-state index contributed by atoms with van der Waals surface area (Å²) >= 11 is 0. The number of aromatic carboxylic acids is 1. The van der Waals surface area contributed by atoms with Crippen LogP contribution in [0.5, 0.6) is 0 Å². The Balaban J connectivity index is 2.21. The van der Waals surface area contributed by atoms with Gasteiger partial charge in [-0.2, -0.15) is 0 Å². The quantitative estimate of drug-likeness (QED) is 0.678. The van der Waals surface area contributed by atoms with Crippen LogP contribution in [-0.4, -0.2) is 24.2 Å². The van der Waals surface area contributed by atoms with Gasteiger partial charge in [0.2, 0.25) is 0 Å². The van der Waals surface area contributed by atoms with E-state index in [0.717, 1.165) is 38.0 Å². The van der Waals surface area contributed by atoms with Gasteiger partial charge in [0.05, 0.1) is 12.2 Å². The molecule has 94 valence electrons. The lowest BCUT2D eigenvalue weighted by molar-refractivity contribution is 0.0696. The van der Waals surface area contributed by atoms with Crippen molar-refractivity contribution in [2.24, 2.45) is 5.73 Å². The van der Waals surface area contributed by atoms with Gasteiger partial charge in [-0.25, -0.2) is 4.79 Å². The summed E-state index contributed by atoms with van der Waals surface area (Å²) in [4.78, 5) is 10.6. The first-order valence-corrected chi connectivity index (χ1v) is 5.84. The average Bonchev–Trinajstić information content (AvgIpc) is 2.34. The maximum Gasteiger partial charge on any atom is 0.335 e. The predicted octanol–water partition coefficient (Wildman–Crippen LogP) is 2.03. The molecule has 0 aliphatic heterocycles. The third-order valence-electron chi connectivity index (χ3n) is 2.46. The number of carbonyl (C=O) groups is 1. The van der Waals surface area contributed by atoms with Gasteiger partial charge < -0.3 is 15.6 Å². The molecule has 0 heterocycles. The Kier molecular flexibility index (Phi) is 6.29. The van der Waals surface area contributed by atoms with Gasteiger partial charge in [0.25, 0.3) is 0 Å². The second kappa shape index (κ2) is 7.81. The first-order valence-electron chi connectivity index (χ1n) is 5.84. The molecule has 4 nitrogen and oxygen atoms in total. The maximum atomic E-state index is 10.6. The molecule has 3 N–H and O–H groups in total. The minimum atomic E-state index is -0.903. The minimum absolute atomic E-state index is 0.302. The van der Waals surface area contributed by atoms with Crippen LogP contribution in [0.1, 0.15) is 35.2 Å². The van der Waals surface area contributed by atoms with Gasteiger partial charge in [-0.05, 0) is 43.5 Å². The van der Waals surface area contributed by atoms with E-state index in [1.54, 1.807) is 24.3 Å². The number of hydrogen-bond donors (Lipinski definition) is 2. The van der Waals surface area contributed by atoms with Crippen LogP contribution < -0.4 is 5.73 Å². The summed E-state index contributed by atoms with van der Waals surface area (Å²) in [6.45, 7) is 1.99. The van der Waals surface area contributed by atoms with E-state index in [0.29, 0.717) is 12.2 Å². The number of unbranched alkanes of at least 4 members (excludes halogenated alkanes) is 2. The van der Waals surface area contributed by atoms with Crippen molar-refractivity contribution in [2.45, 2.75) is 25.9 Å². The Hall–Kier alpha value is -1.39. The van der Waals surface area contributed by atoms with Gasteiger partial charge in [0, 0.05) is 6.61 Å². The summed E-state index contributed by atoms with van der Waals surface area (Å²) < 4.78 is 5.48. The Morgan fingerprint density at radius 3 is 2.47 bits per heavy atom. The van der Waals surface area contributed by atoms with Gasteiger partial charge in [-0.3, -0.25) is 0 Å². The van der Waals surface area contributed by atoms with Crippen molar-refractivity contribution in [1.82, 2.24) is 0 Å². The number of benzene rings is 1. The molecule has 1 rings (SSSR count). The van der Waals surface area contributed by atoms with E-state index in [4.69, 9.17) is 15.6 Å². The molecule has 1 aromatic rings. The van der Waals surface area contributed by atoms with Crippen LogP contribution in [-0.2, 0) is 11.3 Å². The summed E-state index contributed by atoms with van der Waals surface area (Å²) in [5, 5.41) is 8.73. The largest absolute Gasteiger partial charge is 0.478 e. The molecule has 0 aromatic heterocycles. The molecule has 0 fully saturated rings. The monoisotopic (exact) mass is 237 g/mol. The third-order valence-corrected chi connectivity index (χ3v) is 2.46. The van der Waals surface area contributed by atoms with Gasteiger partial charge in [0.1, 0.15) is 0 Å². The number of carboxylic acids is 1. The van der Waals surface area contributed by atoms with Gasteiger partial charge in [-0.15, -0.1) is 0 Å². The predicted molar refractivity (Wildman–Crippen MR) is 66.0 cm³/mol. The first-order chi connectivity index (χ1) is 8.24. The molecule has 0 unspecified atom stereocenters. The Morgan fingerprint density at radius 2 is 1.88 bits per heavy atom. The van der Waals surface area contributed by atoms with Crippen LogP contribution >= 0.6 is 0 Å². The molecule has 0 saturated heterocycles. The second-order valence-corrected chi connectivity index (χ2v) is 3.90. The van der Waals surface area contributed by atoms with E-state index < -0.39 is 5.97 Å². The number of nitrogens with two attached hydrogens (primary N) is 1. The van der Waals surface area contributed by atoms with E-state index in [9.17, 15) is 4.79 Å². The molecule has 0 atom stereocenters. The lowest BCUT2D eigenvalue weighted by Crippen LogP contribution is -2.01. The molecule has 0 aliphatic rings. The highest BCUT2D eigenvalue weighted by atomic mass is 16.5. The van der Waals surface area contributed by atoms with Crippen LogP contribution in [0.4, 0.5) is 0 Å². The Bertz CT molecular complexity index is 335. The number of rotatable bonds is 8. The SMILES string of the molecule is NCCCCCOCc1ccc(C(=O)O)cc1. The van der Waals surface area contributed by atoms with E-state index in [1.165, 1.54) is 0 Å². The summed E-state index contributed by atoms with van der Waals surface area (Å²) in [5.74, 6) is -0.903. The molecule has 17 heavy (non-hydrogen) atoms. The van der Waals surface area contributed by atoms with Gasteiger partial charge in [0.15, 0.2) is 0 Å². The molecule has 0 saturated carbocycles. The zero-order valence-corrected chi connectivity index (χ0v) is 9.89. The van der Waals surface area contributed by atoms with Crippen LogP contribution in [0.25, 0.3) is 0 Å². The summed E-state index contributed by atoms with van der Waals surface area (Å²) in [6.07, 6.45) is 3.15. The molecule has 4 heteroatoms. The van der Waals surface area contributed by atoms with Gasteiger partial charge >= 0.3 is 5.97 Å². The van der Waals surface area contributed by atoms with Crippen molar-refractivity contribution >= 4 is 5.97 Å². The fourth-order valence-corrected chi connectivity index (χ4v) is 1.46. The number of hydrogen-bond acceptors (Lipinski definition) is 3. The summed E-state index contributed by atoms with van der Waals surface area (Å²) in [6, 6.07) is 6.75. The van der Waals surface area contributed by atoms with Crippen molar-refractivity contribution in [3.05, 3.63) is 35.4 Å². The maximum absolute atomic E-state index is 10.6. The smallest absolute Gasteiger partial charge is 0.335 e. The Morgan fingerprint density at radius 1 is 1.18 bits per heavy atom. The van der Waals surface area contributed by atoms with Crippen molar-refractivity contribution in [1.29, 1.82) is 0 Å². The van der Waals surface area contributed by atoms with Crippen LogP contribution in [0, 0.1) is 0 Å². The van der Waals surface area contributed by atoms with Crippen LogP contribution in [0.3, 0.4) is 0 Å². The molecular weight excluding hydrogens is 218 g/mol. The molecular formula is C13H19NO3. The van der Waals surface area contributed by atoms with E-state index in [1.807, 2.05) is 0 Å². The lowest BCUT2D eigenvalue weighted by Gasteiger charge is -2.04. The Labute approximate surface area is 101 Å². The molecule has 0 amide bonds. The van der Waals surface area contributed by atoms with E-state index >= 15 is 0 Å². The zero-order chi connectivity index (χ0) is 12.5. The molecule has 0 spiro atoms. The molecule has 1 aromatic carbocycles. The highest BCUT2D eigenvalue weighted by Gasteiger charge is 2.01. The zero-order valence-electron chi connectivity index (χ0n) is 9.89. The summed E-state index contributed by atoms with van der Waals surface area (Å²) in [5.41, 5.74) is 6.68. The van der Waals surface area contributed by atoms with Crippen molar-refractivity contribution < 1.29 is 14.6 Å². The molecule has 0 aliphatic carbocycles. The normalized spacial score (nSPS) is 10.4. The standard InChI is InChI=1S/C13H19NO3/c14-8-2-1-3-9-17-10-11-4-6-12(7-5-11)13(15)16/h4-7H,1-3,8-10,14H2,(H,15,16). The number of ether oxygens (including phenoxy) is 1. The fourth-order valence-electron chi connectivity index (χ4n) is 1.46. The molecule has 0 bridgehead atoms.